The molecule has 2 N–H and O–H groups in total. The van der Waals surface area contributed by atoms with E-state index >= 15 is 0 Å². The van der Waals surface area contributed by atoms with Crippen molar-refractivity contribution in [3.05, 3.63) is 49.6 Å². The molecule has 4 heteroatoms. The van der Waals surface area contributed by atoms with Crippen molar-refractivity contribution in [2.45, 2.75) is 13.8 Å². The largest absolute Gasteiger partial charge is 0.399 e. The molecule has 1 aromatic carbocycles. The number of benzene rings is 1. The molecule has 0 aliphatic rings. The number of hydrogen-bond donors (Lipinski definition) is 1. The summed E-state index contributed by atoms with van der Waals surface area (Å²) in [6, 6.07) is 7.18. The summed E-state index contributed by atoms with van der Waals surface area (Å²) in [7, 11) is 0. The zero-order chi connectivity index (χ0) is 12.6. The molecule has 2 nitrogen and oxygen atoms in total. The number of carbonyl (C=O) groups excluding carboxylic acids is 1. The molecule has 0 radical (unpaired) electrons. The number of thiophene rings is 1. The molecule has 88 valence electrons. The van der Waals surface area contributed by atoms with Crippen LogP contribution >= 0.6 is 27.3 Å². The summed E-state index contributed by atoms with van der Waals surface area (Å²) in [5, 5.41) is 0. The Labute approximate surface area is 113 Å². The lowest BCUT2D eigenvalue weighted by molar-refractivity contribution is 0.104. The summed E-state index contributed by atoms with van der Waals surface area (Å²) in [6.07, 6.45) is 0. The highest BCUT2D eigenvalue weighted by Gasteiger charge is 2.15. The number of nitrogens with two attached hydrogens (primary N) is 1. The molecule has 2 rings (SSSR count). The fourth-order valence-corrected chi connectivity index (χ4v) is 3.10. The Morgan fingerprint density at radius 2 is 2.00 bits per heavy atom. The number of ketones is 1. The SMILES string of the molecule is Cc1cc(C(=O)c2ccc(N)cc2Br)sc1C. The Hall–Kier alpha value is -1.13. The molecular weight excluding hydrogens is 298 g/mol. The van der Waals surface area contributed by atoms with Gasteiger partial charge in [-0.15, -0.1) is 11.3 Å². The second-order valence-electron chi connectivity index (χ2n) is 3.92. The van der Waals surface area contributed by atoms with Crippen LogP contribution in [-0.4, -0.2) is 5.78 Å². The van der Waals surface area contributed by atoms with Crippen LogP contribution in [0.4, 0.5) is 5.69 Å². The maximum Gasteiger partial charge on any atom is 0.204 e. The number of rotatable bonds is 2. The van der Waals surface area contributed by atoms with Crippen molar-refractivity contribution < 1.29 is 4.79 Å². The van der Waals surface area contributed by atoms with Crippen LogP contribution in [0.2, 0.25) is 0 Å². The molecule has 0 saturated heterocycles. The molecule has 2 aromatic rings. The van der Waals surface area contributed by atoms with Crippen molar-refractivity contribution in [1.82, 2.24) is 0 Å². The van der Waals surface area contributed by atoms with Crippen LogP contribution < -0.4 is 5.73 Å². The molecule has 0 aliphatic carbocycles. The number of hydrogen-bond acceptors (Lipinski definition) is 3. The first-order valence-electron chi connectivity index (χ1n) is 5.16. The molecule has 0 saturated carbocycles. The van der Waals surface area contributed by atoms with E-state index in [0.717, 1.165) is 14.9 Å². The number of nitrogen functional groups attached to an aromatic ring is 1. The molecule has 0 amide bonds. The fourth-order valence-electron chi connectivity index (χ4n) is 1.53. The molecule has 0 aliphatic heterocycles. The van der Waals surface area contributed by atoms with Crippen LogP contribution in [0.25, 0.3) is 0 Å². The van der Waals surface area contributed by atoms with E-state index in [1.165, 1.54) is 16.2 Å². The van der Waals surface area contributed by atoms with E-state index in [2.05, 4.69) is 15.9 Å². The summed E-state index contributed by atoms with van der Waals surface area (Å²) < 4.78 is 0.742. The summed E-state index contributed by atoms with van der Waals surface area (Å²) in [5.41, 5.74) is 8.11. The minimum absolute atomic E-state index is 0.0399. The van der Waals surface area contributed by atoms with Crippen molar-refractivity contribution in [3.63, 3.8) is 0 Å². The molecule has 1 aromatic heterocycles. The lowest BCUT2D eigenvalue weighted by Crippen LogP contribution is -2.00. The number of anilines is 1. The first-order chi connectivity index (χ1) is 7.99. The number of carbonyl (C=O) groups is 1. The Morgan fingerprint density at radius 1 is 1.29 bits per heavy atom. The molecule has 0 bridgehead atoms. The van der Waals surface area contributed by atoms with E-state index in [-0.39, 0.29) is 5.78 Å². The van der Waals surface area contributed by atoms with Gasteiger partial charge in [-0.3, -0.25) is 4.79 Å². The van der Waals surface area contributed by atoms with E-state index in [0.29, 0.717) is 11.3 Å². The number of aryl methyl sites for hydroxylation is 2. The van der Waals surface area contributed by atoms with Crippen molar-refractivity contribution in [3.8, 4) is 0 Å². The maximum atomic E-state index is 12.3. The first-order valence-corrected chi connectivity index (χ1v) is 6.76. The predicted octanol–water partition coefficient (Wildman–Crippen LogP) is 3.94. The molecule has 0 spiro atoms. The van der Waals surface area contributed by atoms with E-state index in [4.69, 9.17) is 5.73 Å². The van der Waals surface area contributed by atoms with Gasteiger partial charge in [-0.1, -0.05) is 0 Å². The Morgan fingerprint density at radius 3 is 2.53 bits per heavy atom. The van der Waals surface area contributed by atoms with Gasteiger partial charge in [0.25, 0.3) is 0 Å². The first kappa shape index (κ1) is 12.3. The minimum atomic E-state index is 0.0399. The van der Waals surface area contributed by atoms with Crippen LogP contribution in [0.5, 0.6) is 0 Å². The highest BCUT2D eigenvalue weighted by atomic mass is 79.9. The van der Waals surface area contributed by atoms with Gasteiger partial charge >= 0.3 is 0 Å². The third-order valence-corrected chi connectivity index (χ3v) is 4.43. The van der Waals surface area contributed by atoms with E-state index in [1.807, 2.05) is 19.9 Å². The van der Waals surface area contributed by atoms with E-state index < -0.39 is 0 Å². The molecule has 1 heterocycles. The van der Waals surface area contributed by atoms with Gasteiger partial charge in [0.05, 0.1) is 4.88 Å². The van der Waals surface area contributed by atoms with Gasteiger partial charge in [-0.05, 0) is 59.6 Å². The van der Waals surface area contributed by atoms with Gasteiger partial charge in [0, 0.05) is 20.6 Å². The van der Waals surface area contributed by atoms with Crippen LogP contribution in [0.1, 0.15) is 25.7 Å². The normalized spacial score (nSPS) is 10.5. The highest BCUT2D eigenvalue weighted by molar-refractivity contribution is 9.10. The number of halogens is 1. The van der Waals surface area contributed by atoms with Crippen molar-refractivity contribution in [2.75, 3.05) is 5.73 Å². The average molecular weight is 310 g/mol. The van der Waals surface area contributed by atoms with Crippen molar-refractivity contribution >= 4 is 38.7 Å². The average Bonchev–Trinajstić information content (AvgIpc) is 2.58. The van der Waals surface area contributed by atoms with Crippen LogP contribution in [-0.2, 0) is 0 Å². The lowest BCUT2D eigenvalue weighted by atomic mass is 10.1. The molecule has 17 heavy (non-hydrogen) atoms. The lowest BCUT2D eigenvalue weighted by Gasteiger charge is -2.02. The fraction of sp³-hybridized carbons (Fsp3) is 0.154. The topological polar surface area (TPSA) is 43.1 Å². The molecule has 0 atom stereocenters. The standard InChI is InChI=1S/C13H12BrNOS/c1-7-5-12(17-8(7)2)13(16)10-4-3-9(15)6-11(10)14/h3-6H,15H2,1-2H3. The quantitative estimate of drug-likeness (QED) is 0.674. The van der Waals surface area contributed by atoms with Gasteiger partial charge < -0.3 is 5.73 Å². The zero-order valence-corrected chi connectivity index (χ0v) is 12.0. The van der Waals surface area contributed by atoms with Gasteiger partial charge in [-0.25, -0.2) is 0 Å². The van der Waals surface area contributed by atoms with Gasteiger partial charge in [0.2, 0.25) is 5.78 Å². The Bertz CT molecular complexity index is 570. The Balaban J connectivity index is 2.43. The monoisotopic (exact) mass is 309 g/mol. The van der Waals surface area contributed by atoms with Crippen LogP contribution in [0.15, 0.2) is 28.7 Å². The van der Waals surface area contributed by atoms with Crippen LogP contribution in [0.3, 0.4) is 0 Å². The van der Waals surface area contributed by atoms with Gasteiger partial charge in [0.15, 0.2) is 0 Å². The predicted molar refractivity (Wildman–Crippen MR) is 75.8 cm³/mol. The summed E-state index contributed by atoms with van der Waals surface area (Å²) in [6.45, 7) is 4.04. The summed E-state index contributed by atoms with van der Waals surface area (Å²) in [4.78, 5) is 14.2. The van der Waals surface area contributed by atoms with Gasteiger partial charge in [0.1, 0.15) is 0 Å². The molecular formula is C13H12BrNOS. The van der Waals surface area contributed by atoms with E-state index in [9.17, 15) is 4.79 Å². The van der Waals surface area contributed by atoms with Gasteiger partial charge in [-0.2, -0.15) is 0 Å². The molecule has 0 unspecified atom stereocenters. The smallest absolute Gasteiger partial charge is 0.204 e. The highest BCUT2D eigenvalue weighted by Crippen LogP contribution is 2.27. The van der Waals surface area contributed by atoms with Crippen molar-refractivity contribution in [2.24, 2.45) is 0 Å². The second-order valence-corrected chi connectivity index (χ2v) is 6.03. The van der Waals surface area contributed by atoms with Crippen LogP contribution in [0, 0.1) is 13.8 Å². The maximum absolute atomic E-state index is 12.3. The Kier molecular flexibility index (Phi) is 3.35. The second kappa shape index (κ2) is 4.63. The summed E-state index contributed by atoms with van der Waals surface area (Å²) >= 11 is 4.90. The zero-order valence-electron chi connectivity index (χ0n) is 9.58. The van der Waals surface area contributed by atoms with E-state index in [1.54, 1.807) is 18.2 Å². The minimum Gasteiger partial charge on any atom is -0.399 e. The third-order valence-electron chi connectivity index (χ3n) is 2.63. The summed E-state index contributed by atoms with van der Waals surface area (Å²) in [5.74, 6) is 0.0399. The van der Waals surface area contributed by atoms with Crippen molar-refractivity contribution in [1.29, 1.82) is 0 Å². The molecule has 0 fully saturated rings. The third kappa shape index (κ3) is 2.42.